The Morgan fingerprint density at radius 1 is 1.11 bits per heavy atom. The molecule has 12 nitrogen and oxygen atoms in total. The molecule has 13 heteroatoms. The van der Waals surface area contributed by atoms with E-state index in [0.29, 0.717) is 31.4 Å². The highest BCUT2D eigenvalue weighted by Crippen LogP contribution is 2.35. The summed E-state index contributed by atoms with van der Waals surface area (Å²) in [5.74, 6) is 2.78. The van der Waals surface area contributed by atoms with Crippen molar-refractivity contribution in [2.45, 2.75) is 78.4 Å². The number of allylic oxidation sites excluding steroid dienone is 1. The van der Waals surface area contributed by atoms with Crippen LogP contribution in [-0.2, 0) is 25.4 Å². The standard InChI is InChI=1S/C32H42IN7O5/c1-21-16-28(35-27(34-21)10-8-7-9-15-43-22(2)41)36-29-18-25-17-23(11-14-40(25)37-29)30-26(19-33-38(30)6)44-20-24-12-13-39(24)31(42)45-32(3,4)5/h11,14,16-19,24H,7-10,12-13,15,20H2,1-6H3,(H,34,35,36,37)/t24-/m1/s1. The number of pyridine rings is 1. The summed E-state index contributed by atoms with van der Waals surface area (Å²) in [7, 11) is 2.09. The van der Waals surface area contributed by atoms with Crippen molar-refractivity contribution in [2.75, 3.05) is 32.1 Å². The highest BCUT2D eigenvalue weighted by molar-refractivity contribution is 14.2. The van der Waals surface area contributed by atoms with Crippen LogP contribution in [0.1, 0.15) is 70.5 Å². The second kappa shape index (κ2) is 14.1. The number of fused-ring (bicyclic) bond motifs is 1. The number of carbonyl (C=O) groups excluding carboxylic acids is 2. The third-order valence-corrected chi connectivity index (χ3v) is 9.44. The molecule has 0 bridgehead atoms. The van der Waals surface area contributed by atoms with E-state index in [-0.39, 0.29) is 39.1 Å². The van der Waals surface area contributed by atoms with Crippen LogP contribution in [0.3, 0.4) is 0 Å². The van der Waals surface area contributed by atoms with E-state index in [0.717, 1.165) is 66.2 Å². The first-order valence-electron chi connectivity index (χ1n) is 15.3. The van der Waals surface area contributed by atoms with Crippen LogP contribution < -0.4 is 5.32 Å². The smallest absolute Gasteiger partial charge is 0.410 e. The fraction of sp³-hybridized carbons (Fsp3) is 0.500. The highest BCUT2D eigenvalue weighted by Gasteiger charge is 2.36. The molecule has 0 radical (unpaired) electrons. The van der Waals surface area contributed by atoms with Gasteiger partial charge in [0.15, 0.2) is 11.6 Å². The molecule has 0 aliphatic carbocycles. The van der Waals surface area contributed by atoms with Crippen molar-refractivity contribution in [3.63, 3.8) is 0 Å². The number of nitrogens with zero attached hydrogens (tertiary/aromatic N) is 6. The molecule has 1 N–H and O–H groups in total. The lowest BCUT2D eigenvalue weighted by atomic mass is 10.1. The highest BCUT2D eigenvalue weighted by atomic mass is 127. The van der Waals surface area contributed by atoms with Gasteiger partial charge in [0.2, 0.25) is 0 Å². The molecule has 3 aromatic rings. The number of hydrogen-bond acceptors (Lipinski definition) is 10. The van der Waals surface area contributed by atoms with Gasteiger partial charge in [-0.25, -0.2) is 19.3 Å². The maximum Gasteiger partial charge on any atom is 0.410 e. The Bertz CT molecular complexity index is 1610. The molecule has 1 fully saturated rings. The lowest BCUT2D eigenvalue weighted by molar-refractivity contribution is -0.141. The first kappa shape index (κ1) is 32.6. The van der Waals surface area contributed by atoms with E-state index in [2.05, 4.69) is 30.5 Å². The zero-order chi connectivity index (χ0) is 32.1. The number of aryl methyl sites for hydroxylation is 2. The van der Waals surface area contributed by atoms with Crippen LogP contribution in [0.4, 0.5) is 16.4 Å². The van der Waals surface area contributed by atoms with Gasteiger partial charge in [0.1, 0.15) is 23.9 Å². The van der Waals surface area contributed by atoms with Gasteiger partial charge in [-0.2, -0.15) is 5.10 Å². The van der Waals surface area contributed by atoms with E-state index in [1.165, 1.54) is 6.92 Å². The van der Waals surface area contributed by atoms with Crippen molar-refractivity contribution in [3.05, 3.63) is 53.3 Å². The lowest BCUT2D eigenvalue weighted by Gasteiger charge is -2.41. The number of unbranched alkanes of at least 4 members (excludes halogenated alkanes) is 2. The average Bonchev–Trinajstić information content (AvgIpc) is 3.50. The summed E-state index contributed by atoms with van der Waals surface area (Å²) in [6, 6.07) is 8.08. The van der Waals surface area contributed by atoms with Gasteiger partial charge in [0.05, 0.1) is 23.9 Å². The minimum absolute atomic E-state index is 0.00957. The van der Waals surface area contributed by atoms with Crippen LogP contribution in [0.25, 0.3) is 11.2 Å². The molecule has 242 valence electrons. The predicted octanol–water partition coefficient (Wildman–Crippen LogP) is 5.78. The molecule has 0 spiro atoms. The zero-order valence-electron chi connectivity index (χ0n) is 26.8. The molecule has 3 aromatic heterocycles. The first-order valence-corrected chi connectivity index (χ1v) is 17.5. The van der Waals surface area contributed by atoms with Gasteiger partial charge < -0.3 is 27.5 Å². The molecule has 1 amide bonds. The van der Waals surface area contributed by atoms with Crippen LogP contribution in [-0.4, -0.2) is 82.1 Å². The van der Waals surface area contributed by atoms with Gasteiger partial charge in [-0.3, -0.25) is 4.79 Å². The zero-order valence-corrected chi connectivity index (χ0v) is 29.0. The van der Waals surface area contributed by atoms with E-state index in [4.69, 9.17) is 24.3 Å². The summed E-state index contributed by atoms with van der Waals surface area (Å²) in [6.45, 7) is 10.6. The molecular weight excluding hydrogens is 689 g/mol. The SMILES string of the molecule is CC(=O)OCCCCCc1nc(C)cc(Nc2cc3cc(C4=C(OC[C@H]5CCN5C(=O)OC(C)(C)C)C=IN4C)ccn3n2)n1. The van der Waals surface area contributed by atoms with Crippen LogP contribution in [0.15, 0.2) is 36.2 Å². The number of carbonyl (C=O) groups is 2. The molecule has 2 aliphatic heterocycles. The van der Waals surface area contributed by atoms with Crippen molar-refractivity contribution < 1.29 is 23.8 Å². The summed E-state index contributed by atoms with van der Waals surface area (Å²) in [5, 5.41) is 8.05. The Labute approximate surface area is 274 Å². The van der Waals surface area contributed by atoms with Crippen LogP contribution in [0.5, 0.6) is 0 Å². The Balaban J connectivity index is 1.23. The number of rotatable bonds is 12. The Morgan fingerprint density at radius 2 is 1.93 bits per heavy atom. The summed E-state index contributed by atoms with van der Waals surface area (Å²) in [4.78, 5) is 34.5. The minimum Gasteiger partial charge on any atom is -0.489 e. The van der Waals surface area contributed by atoms with Gasteiger partial charge in [0.25, 0.3) is 0 Å². The number of nitrogens with one attached hydrogen (secondary N) is 1. The third-order valence-electron chi connectivity index (χ3n) is 7.28. The maximum atomic E-state index is 12.5. The third kappa shape index (κ3) is 8.70. The average molecular weight is 732 g/mol. The molecule has 1 atom stereocenters. The number of esters is 1. The monoisotopic (exact) mass is 731 g/mol. The number of ether oxygens (including phenoxy) is 3. The van der Waals surface area contributed by atoms with E-state index in [1.54, 1.807) is 4.90 Å². The second-order valence-corrected chi connectivity index (χ2v) is 14.9. The van der Waals surface area contributed by atoms with Crippen LogP contribution >= 0.6 is 21.0 Å². The van der Waals surface area contributed by atoms with Gasteiger partial charge in [-0.15, -0.1) is 0 Å². The largest absolute Gasteiger partial charge is 0.489 e. The number of hydrogen-bond donors (Lipinski definition) is 1. The van der Waals surface area contributed by atoms with Crippen molar-refractivity contribution in [1.82, 2.24) is 27.6 Å². The molecule has 0 unspecified atom stereocenters. The molecule has 0 saturated carbocycles. The Kier molecular flexibility index (Phi) is 10.2. The summed E-state index contributed by atoms with van der Waals surface area (Å²) in [5.41, 5.74) is 3.40. The van der Waals surface area contributed by atoms with Crippen molar-refractivity contribution in [1.29, 1.82) is 0 Å². The molecule has 5 heterocycles. The molecule has 1 saturated heterocycles. The number of halogens is 1. The number of amides is 1. The number of likely N-dealkylation sites (tertiary alicyclic amines) is 1. The van der Waals surface area contributed by atoms with Crippen molar-refractivity contribution in [3.8, 4) is 0 Å². The van der Waals surface area contributed by atoms with Crippen LogP contribution in [0.2, 0.25) is 0 Å². The quantitative estimate of drug-likeness (QED) is 0.106. The first-order chi connectivity index (χ1) is 21.4. The minimum atomic E-state index is -0.520. The topological polar surface area (TPSA) is 123 Å². The Hall–Kier alpha value is -3.75. The molecule has 45 heavy (non-hydrogen) atoms. The van der Waals surface area contributed by atoms with E-state index in [9.17, 15) is 9.59 Å². The van der Waals surface area contributed by atoms with Crippen molar-refractivity contribution in [2.24, 2.45) is 0 Å². The van der Waals surface area contributed by atoms with Crippen molar-refractivity contribution >= 4 is 59.9 Å². The summed E-state index contributed by atoms with van der Waals surface area (Å²) >= 11 is -0.344. The lowest BCUT2D eigenvalue weighted by Crippen LogP contribution is -2.54. The van der Waals surface area contributed by atoms with Crippen LogP contribution in [0, 0.1) is 6.92 Å². The fourth-order valence-corrected chi connectivity index (χ4v) is 7.01. The summed E-state index contributed by atoms with van der Waals surface area (Å²) in [6.07, 6.45) is 5.99. The maximum absolute atomic E-state index is 12.5. The number of aromatic nitrogens is 4. The fourth-order valence-electron chi connectivity index (χ4n) is 5.07. The molecule has 0 aromatic carbocycles. The van der Waals surface area contributed by atoms with E-state index in [1.807, 2.05) is 56.6 Å². The van der Waals surface area contributed by atoms with E-state index < -0.39 is 5.60 Å². The van der Waals surface area contributed by atoms with Gasteiger partial charge in [0, 0.05) is 81.5 Å². The number of anilines is 2. The predicted molar refractivity (Wildman–Crippen MR) is 181 cm³/mol. The molecular formula is C32H42IN7O5. The summed E-state index contributed by atoms with van der Waals surface area (Å²) < 4.78 is 23.2. The van der Waals surface area contributed by atoms with Gasteiger partial charge in [-0.1, -0.05) is 0 Å². The van der Waals surface area contributed by atoms with E-state index >= 15 is 0 Å². The molecule has 2 aliphatic rings. The van der Waals surface area contributed by atoms with Gasteiger partial charge >= 0.3 is 12.1 Å². The van der Waals surface area contributed by atoms with Gasteiger partial charge in [-0.05, 0) is 65.5 Å². The molecule has 5 rings (SSSR count). The normalized spacial score (nSPS) is 16.4. The second-order valence-electron chi connectivity index (χ2n) is 12.2. The Morgan fingerprint density at radius 3 is 2.67 bits per heavy atom.